The van der Waals surface area contributed by atoms with E-state index in [1.54, 1.807) is 11.3 Å². The number of hydrogen-bond donors (Lipinski definition) is 1. The van der Waals surface area contributed by atoms with Crippen LogP contribution in [-0.4, -0.2) is 28.9 Å². The van der Waals surface area contributed by atoms with Crippen LogP contribution in [0.1, 0.15) is 57.7 Å². The number of pyridine rings is 1. The molecule has 1 N–H and O–H groups in total. The Morgan fingerprint density at radius 3 is 2.43 bits per heavy atom. The second kappa shape index (κ2) is 9.11. The lowest BCUT2D eigenvalue weighted by atomic mass is 9.91. The molecule has 0 saturated carbocycles. The van der Waals surface area contributed by atoms with Gasteiger partial charge >= 0.3 is 0 Å². The highest BCUT2D eigenvalue weighted by Gasteiger charge is 2.31. The van der Waals surface area contributed by atoms with E-state index in [0.29, 0.717) is 5.56 Å². The Hall–Kier alpha value is -2.50. The number of hydrogen-bond acceptors (Lipinski definition) is 4. The number of amides is 1. The molecule has 1 unspecified atom stereocenters. The van der Waals surface area contributed by atoms with Gasteiger partial charge in [0.15, 0.2) is 0 Å². The molecule has 0 radical (unpaired) electrons. The van der Waals surface area contributed by atoms with Crippen LogP contribution in [0.15, 0.2) is 54.9 Å². The van der Waals surface area contributed by atoms with Crippen LogP contribution in [0.25, 0.3) is 0 Å². The summed E-state index contributed by atoms with van der Waals surface area (Å²) in [5.74, 6) is 0.709. The zero-order valence-electron chi connectivity index (χ0n) is 17.9. The number of anilines is 1. The molecule has 1 aliphatic rings. The van der Waals surface area contributed by atoms with Crippen LogP contribution in [0.5, 0.6) is 0 Å². The third-order valence-corrected chi connectivity index (χ3v) is 7.31. The summed E-state index contributed by atoms with van der Waals surface area (Å²) in [5.41, 5.74) is 4.40. The van der Waals surface area contributed by atoms with Crippen LogP contribution in [0.2, 0.25) is 0 Å². The summed E-state index contributed by atoms with van der Waals surface area (Å²) in [6, 6.07) is 13.8. The average molecular weight is 420 g/mol. The van der Waals surface area contributed by atoms with Gasteiger partial charge in [-0.25, -0.2) is 0 Å². The van der Waals surface area contributed by atoms with Gasteiger partial charge < -0.3 is 5.32 Å². The van der Waals surface area contributed by atoms with Crippen molar-refractivity contribution < 1.29 is 4.79 Å². The smallest absolute Gasteiger partial charge is 0.256 e. The third-order valence-electron chi connectivity index (χ3n) is 6.17. The highest BCUT2D eigenvalue weighted by Crippen LogP contribution is 2.43. The summed E-state index contributed by atoms with van der Waals surface area (Å²) in [4.78, 5) is 21.0. The standard InChI is InChI=1S/C25H29N3OS/c1-17-11-15-28(16-12-17)23(20-9-13-26-14-10-20)22-18(2)19(3)30-25(22)27-24(29)21-7-5-4-6-8-21/h4-10,13-14,17,23H,11-12,15-16H2,1-3H3,(H,27,29). The van der Waals surface area contributed by atoms with E-state index in [4.69, 9.17) is 0 Å². The van der Waals surface area contributed by atoms with E-state index in [0.717, 1.165) is 24.0 Å². The summed E-state index contributed by atoms with van der Waals surface area (Å²) in [6.07, 6.45) is 6.14. The van der Waals surface area contributed by atoms with Gasteiger partial charge in [-0.2, -0.15) is 0 Å². The first-order valence-electron chi connectivity index (χ1n) is 10.6. The minimum absolute atomic E-state index is 0.0566. The van der Waals surface area contributed by atoms with Crippen molar-refractivity contribution in [1.82, 2.24) is 9.88 Å². The number of rotatable bonds is 5. The number of aromatic nitrogens is 1. The number of carbonyl (C=O) groups excluding carboxylic acids is 1. The molecule has 2 aromatic heterocycles. The predicted octanol–water partition coefficient (Wildman–Crippen LogP) is 5.83. The Labute approximate surface area is 183 Å². The van der Waals surface area contributed by atoms with E-state index in [1.165, 1.54) is 34.4 Å². The Bertz CT molecular complexity index is 992. The van der Waals surface area contributed by atoms with E-state index in [9.17, 15) is 4.79 Å². The maximum absolute atomic E-state index is 12.9. The molecule has 3 aromatic rings. The number of benzene rings is 1. The fourth-order valence-electron chi connectivity index (χ4n) is 4.22. The van der Waals surface area contributed by atoms with Crippen molar-refractivity contribution in [3.8, 4) is 0 Å². The Morgan fingerprint density at radius 1 is 1.10 bits per heavy atom. The Kier molecular flexibility index (Phi) is 6.30. The number of aryl methyl sites for hydroxylation is 1. The maximum Gasteiger partial charge on any atom is 0.256 e. The zero-order chi connectivity index (χ0) is 21.1. The van der Waals surface area contributed by atoms with Crippen LogP contribution >= 0.6 is 11.3 Å². The van der Waals surface area contributed by atoms with Gasteiger partial charge in [-0.3, -0.25) is 14.7 Å². The second-order valence-electron chi connectivity index (χ2n) is 8.25. The van der Waals surface area contributed by atoms with Gasteiger partial charge in [0.05, 0.1) is 6.04 Å². The second-order valence-corrected chi connectivity index (χ2v) is 9.47. The highest BCUT2D eigenvalue weighted by atomic mass is 32.1. The van der Waals surface area contributed by atoms with E-state index in [-0.39, 0.29) is 11.9 Å². The highest BCUT2D eigenvalue weighted by molar-refractivity contribution is 7.16. The van der Waals surface area contributed by atoms with Crippen LogP contribution in [0.3, 0.4) is 0 Å². The molecule has 156 valence electrons. The molecular weight excluding hydrogens is 390 g/mol. The van der Waals surface area contributed by atoms with Crippen molar-refractivity contribution in [3.05, 3.63) is 82.0 Å². The maximum atomic E-state index is 12.9. The van der Waals surface area contributed by atoms with E-state index in [2.05, 4.69) is 48.1 Å². The number of piperidine rings is 1. The summed E-state index contributed by atoms with van der Waals surface area (Å²) < 4.78 is 0. The molecule has 30 heavy (non-hydrogen) atoms. The zero-order valence-corrected chi connectivity index (χ0v) is 18.7. The van der Waals surface area contributed by atoms with Gasteiger partial charge in [0.2, 0.25) is 0 Å². The molecule has 1 amide bonds. The van der Waals surface area contributed by atoms with Crippen LogP contribution in [-0.2, 0) is 0 Å². The summed E-state index contributed by atoms with van der Waals surface area (Å²) in [7, 11) is 0. The first kappa shape index (κ1) is 20.8. The van der Waals surface area contributed by atoms with Crippen molar-refractivity contribution in [3.63, 3.8) is 0 Å². The number of carbonyl (C=O) groups is 1. The van der Waals surface area contributed by atoms with Gasteiger partial charge in [-0.05, 0) is 81.1 Å². The molecule has 4 rings (SSSR count). The average Bonchev–Trinajstić information content (AvgIpc) is 3.04. The molecule has 1 aromatic carbocycles. The van der Waals surface area contributed by atoms with Crippen molar-refractivity contribution in [1.29, 1.82) is 0 Å². The molecule has 0 spiro atoms. The topological polar surface area (TPSA) is 45.2 Å². The molecule has 1 fully saturated rings. The molecule has 1 atom stereocenters. The Balaban J connectivity index is 1.74. The van der Waals surface area contributed by atoms with E-state index in [1.807, 2.05) is 42.7 Å². The molecule has 3 heterocycles. The lowest BCUT2D eigenvalue weighted by molar-refractivity contribution is 0.102. The number of thiophene rings is 1. The monoisotopic (exact) mass is 419 g/mol. The molecule has 5 heteroatoms. The summed E-state index contributed by atoms with van der Waals surface area (Å²) in [5, 5.41) is 4.18. The summed E-state index contributed by atoms with van der Waals surface area (Å²) in [6.45, 7) is 8.79. The van der Waals surface area contributed by atoms with Gasteiger partial charge in [-0.1, -0.05) is 25.1 Å². The lowest BCUT2D eigenvalue weighted by Gasteiger charge is -2.37. The van der Waals surface area contributed by atoms with Gasteiger partial charge in [-0.15, -0.1) is 11.3 Å². The molecular formula is C25H29N3OS. The van der Waals surface area contributed by atoms with Crippen LogP contribution in [0.4, 0.5) is 5.00 Å². The minimum Gasteiger partial charge on any atom is -0.313 e. The van der Waals surface area contributed by atoms with Gasteiger partial charge in [0, 0.05) is 28.4 Å². The molecule has 0 bridgehead atoms. The third kappa shape index (κ3) is 4.32. The number of nitrogens with zero attached hydrogens (tertiary/aromatic N) is 2. The predicted molar refractivity (Wildman–Crippen MR) is 124 cm³/mol. The van der Waals surface area contributed by atoms with Crippen molar-refractivity contribution in [2.75, 3.05) is 18.4 Å². The fourth-order valence-corrected chi connectivity index (χ4v) is 5.31. The summed E-state index contributed by atoms with van der Waals surface area (Å²) >= 11 is 1.68. The fraction of sp³-hybridized carbons (Fsp3) is 0.360. The Morgan fingerprint density at radius 2 is 1.77 bits per heavy atom. The minimum atomic E-state index is -0.0566. The lowest BCUT2D eigenvalue weighted by Crippen LogP contribution is -2.37. The van der Waals surface area contributed by atoms with Crippen molar-refractivity contribution in [2.24, 2.45) is 5.92 Å². The van der Waals surface area contributed by atoms with Crippen molar-refractivity contribution in [2.45, 2.75) is 39.7 Å². The molecule has 0 aliphatic carbocycles. The first-order valence-corrected chi connectivity index (χ1v) is 11.5. The van der Waals surface area contributed by atoms with Gasteiger partial charge in [0.1, 0.15) is 5.00 Å². The van der Waals surface area contributed by atoms with Gasteiger partial charge in [0.25, 0.3) is 5.91 Å². The van der Waals surface area contributed by atoms with Crippen LogP contribution < -0.4 is 5.32 Å². The molecule has 1 aliphatic heterocycles. The van der Waals surface area contributed by atoms with E-state index >= 15 is 0 Å². The normalized spacial score (nSPS) is 16.4. The number of nitrogens with one attached hydrogen (secondary N) is 1. The van der Waals surface area contributed by atoms with Crippen LogP contribution in [0, 0.1) is 19.8 Å². The first-order chi connectivity index (χ1) is 14.5. The van der Waals surface area contributed by atoms with E-state index < -0.39 is 0 Å². The molecule has 1 saturated heterocycles. The number of likely N-dealkylation sites (tertiary alicyclic amines) is 1. The van der Waals surface area contributed by atoms with Crippen molar-refractivity contribution >= 4 is 22.2 Å². The largest absolute Gasteiger partial charge is 0.313 e. The quantitative estimate of drug-likeness (QED) is 0.566. The SMILES string of the molecule is Cc1sc(NC(=O)c2ccccc2)c(C(c2ccncc2)N2CCC(C)CC2)c1C. The molecule has 4 nitrogen and oxygen atoms in total.